The highest BCUT2D eigenvalue weighted by molar-refractivity contribution is 5.88. The van der Waals surface area contributed by atoms with Crippen LogP contribution >= 0.6 is 0 Å². The Morgan fingerprint density at radius 1 is 0.575 bits per heavy atom. The first-order valence-electron chi connectivity index (χ1n) is 17.2. The quantitative estimate of drug-likeness (QED) is 0.0957. The summed E-state index contributed by atoms with van der Waals surface area (Å²) in [5, 5.41) is 2.77. The van der Waals surface area contributed by atoms with Gasteiger partial charge in [-0.1, -0.05) is 136 Å². The highest BCUT2D eigenvalue weighted by Crippen LogP contribution is 2.18. The van der Waals surface area contributed by atoms with Crippen LogP contribution in [0.25, 0.3) is 0 Å². The largest absolute Gasteiger partial charge is 0.449 e. The van der Waals surface area contributed by atoms with Crippen molar-refractivity contribution in [3.8, 4) is 0 Å². The fourth-order valence-electron chi connectivity index (χ4n) is 5.14. The van der Waals surface area contributed by atoms with E-state index in [9.17, 15) is 14.4 Å². The Morgan fingerprint density at radius 2 is 0.950 bits per heavy atom. The highest BCUT2D eigenvalue weighted by atomic mass is 16.5. The van der Waals surface area contributed by atoms with Crippen LogP contribution in [0.4, 0.5) is 4.79 Å². The monoisotopic (exact) mass is 566 g/mol. The number of hydrogen-bond acceptors (Lipinski definition) is 4. The molecule has 0 aliphatic carbocycles. The minimum Gasteiger partial charge on any atom is -0.449 e. The van der Waals surface area contributed by atoms with Crippen molar-refractivity contribution < 1.29 is 19.1 Å². The summed E-state index contributed by atoms with van der Waals surface area (Å²) in [5.74, 6) is -0.336. The summed E-state index contributed by atoms with van der Waals surface area (Å²) >= 11 is 0. The predicted octanol–water partition coefficient (Wildman–Crippen LogP) is 10.7. The van der Waals surface area contributed by atoms with Crippen molar-refractivity contribution in [3.63, 3.8) is 0 Å². The summed E-state index contributed by atoms with van der Waals surface area (Å²) < 4.78 is 5.39. The zero-order valence-electron chi connectivity index (χ0n) is 27.4. The van der Waals surface area contributed by atoms with Crippen molar-refractivity contribution in [1.82, 2.24) is 5.32 Å². The van der Waals surface area contributed by atoms with Crippen LogP contribution in [0.15, 0.2) is 0 Å². The molecule has 0 aliphatic rings. The Bertz CT molecular complexity index is 625. The second kappa shape index (κ2) is 26.5. The van der Waals surface area contributed by atoms with Gasteiger partial charge in [0.1, 0.15) is 18.2 Å². The minimum absolute atomic E-state index is 0.0114. The molecule has 236 valence electrons. The number of carbonyl (C=O) groups excluding carboxylic acids is 3. The molecule has 0 aliphatic heterocycles. The number of ketones is 2. The van der Waals surface area contributed by atoms with Crippen LogP contribution in [0.2, 0.25) is 0 Å². The van der Waals surface area contributed by atoms with E-state index >= 15 is 0 Å². The third kappa shape index (κ3) is 26.8. The van der Waals surface area contributed by atoms with Crippen molar-refractivity contribution in [3.05, 3.63) is 0 Å². The molecule has 0 rings (SSSR count). The van der Waals surface area contributed by atoms with E-state index < -0.39 is 17.6 Å². The van der Waals surface area contributed by atoms with Crippen molar-refractivity contribution in [2.75, 3.05) is 6.61 Å². The average Bonchev–Trinajstić information content (AvgIpc) is 2.89. The van der Waals surface area contributed by atoms with Crippen LogP contribution in [0.3, 0.4) is 0 Å². The number of amides is 1. The van der Waals surface area contributed by atoms with Gasteiger partial charge in [-0.05, 0) is 33.6 Å². The molecular weight excluding hydrogens is 498 g/mol. The number of unbranched alkanes of at least 4 members (excludes halogenated alkanes) is 19. The van der Waals surface area contributed by atoms with Crippen LogP contribution in [0.5, 0.6) is 0 Å². The number of rotatable bonds is 28. The number of Topliss-reactive ketones (excluding diaryl/α,β-unsaturated/α-hetero) is 2. The van der Waals surface area contributed by atoms with Gasteiger partial charge in [-0.15, -0.1) is 0 Å². The zero-order chi connectivity index (χ0) is 29.9. The van der Waals surface area contributed by atoms with Crippen LogP contribution < -0.4 is 5.32 Å². The first-order valence-corrected chi connectivity index (χ1v) is 17.2. The predicted molar refractivity (Wildman–Crippen MR) is 170 cm³/mol. The second-order valence-corrected chi connectivity index (χ2v) is 13.1. The van der Waals surface area contributed by atoms with Gasteiger partial charge in [0, 0.05) is 24.8 Å². The van der Waals surface area contributed by atoms with Gasteiger partial charge in [0.05, 0.1) is 5.92 Å². The third-order valence-corrected chi connectivity index (χ3v) is 7.66. The molecule has 1 unspecified atom stereocenters. The van der Waals surface area contributed by atoms with Crippen LogP contribution in [-0.4, -0.2) is 29.8 Å². The molecule has 0 radical (unpaired) electrons. The lowest BCUT2D eigenvalue weighted by Crippen LogP contribution is -2.41. The Hall–Kier alpha value is -1.39. The SMILES string of the molecule is CCCCCCCCCCCCCC(=O)CC(COC(=O)NC(C)(C)C)C(=O)CCCCCCCCCCCC. The standard InChI is InChI=1S/C35H67NO4/c1-6-8-10-12-14-16-18-19-21-23-25-27-32(37)29-31(30-40-34(39)36-35(3,4)5)33(38)28-26-24-22-20-17-15-13-11-9-7-2/h31H,6-30H2,1-5H3,(H,36,39). The molecule has 0 saturated carbocycles. The molecule has 0 aromatic rings. The Balaban J connectivity index is 4.31. The van der Waals surface area contributed by atoms with E-state index in [4.69, 9.17) is 4.74 Å². The normalized spacial score (nSPS) is 12.3. The minimum atomic E-state index is -0.526. The lowest BCUT2D eigenvalue weighted by Gasteiger charge is -2.21. The van der Waals surface area contributed by atoms with Crippen molar-refractivity contribution >= 4 is 17.7 Å². The smallest absolute Gasteiger partial charge is 0.407 e. The summed E-state index contributed by atoms with van der Waals surface area (Å²) in [6, 6.07) is 0. The molecule has 5 nitrogen and oxygen atoms in total. The van der Waals surface area contributed by atoms with E-state index in [-0.39, 0.29) is 24.6 Å². The van der Waals surface area contributed by atoms with E-state index in [1.54, 1.807) is 0 Å². The van der Waals surface area contributed by atoms with Crippen molar-refractivity contribution in [1.29, 1.82) is 0 Å². The van der Waals surface area contributed by atoms with Gasteiger partial charge in [0.15, 0.2) is 0 Å². The second-order valence-electron chi connectivity index (χ2n) is 13.1. The van der Waals surface area contributed by atoms with Crippen molar-refractivity contribution in [2.24, 2.45) is 5.92 Å². The number of carbonyl (C=O) groups is 3. The maximum absolute atomic E-state index is 13.0. The zero-order valence-corrected chi connectivity index (χ0v) is 27.4. The average molecular weight is 566 g/mol. The molecule has 1 N–H and O–H groups in total. The van der Waals surface area contributed by atoms with Crippen molar-refractivity contribution in [2.45, 2.75) is 194 Å². The van der Waals surface area contributed by atoms with E-state index in [2.05, 4.69) is 19.2 Å². The Morgan fingerprint density at radius 3 is 1.35 bits per heavy atom. The summed E-state index contributed by atoms with van der Waals surface area (Å²) in [6.45, 7) is 10.1. The summed E-state index contributed by atoms with van der Waals surface area (Å²) in [5.41, 5.74) is -0.405. The molecule has 0 aromatic carbocycles. The highest BCUT2D eigenvalue weighted by Gasteiger charge is 2.24. The van der Waals surface area contributed by atoms with Gasteiger partial charge in [0.2, 0.25) is 0 Å². The van der Waals surface area contributed by atoms with Crippen LogP contribution in [0, 0.1) is 5.92 Å². The van der Waals surface area contributed by atoms with Gasteiger partial charge < -0.3 is 10.1 Å². The van der Waals surface area contributed by atoms with E-state index in [0.717, 1.165) is 32.1 Å². The first kappa shape index (κ1) is 38.6. The fourth-order valence-corrected chi connectivity index (χ4v) is 5.14. The Labute approximate surface area is 248 Å². The van der Waals surface area contributed by atoms with Gasteiger partial charge >= 0.3 is 6.09 Å². The van der Waals surface area contributed by atoms with Gasteiger partial charge in [-0.25, -0.2) is 4.79 Å². The molecule has 0 saturated heterocycles. The molecule has 0 fully saturated rings. The van der Waals surface area contributed by atoms with E-state index in [1.807, 2.05) is 20.8 Å². The molecule has 40 heavy (non-hydrogen) atoms. The van der Waals surface area contributed by atoms with Gasteiger partial charge in [-0.3, -0.25) is 9.59 Å². The Kier molecular flexibility index (Phi) is 25.6. The molecule has 0 heterocycles. The van der Waals surface area contributed by atoms with E-state index in [1.165, 1.54) is 103 Å². The summed E-state index contributed by atoms with van der Waals surface area (Å²) in [7, 11) is 0. The van der Waals surface area contributed by atoms with Crippen LogP contribution in [0.1, 0.15) is 189 Å². The van der Waals surface area contributed by atoms with Gasteiger partial charge in [0.25, 0.3) is 0 Å². The fraction of sp³-hybridized carbons (Fsp3) is 0.914. The van der Waals surface area contributed by atoms with Gasteiger partial charge in [-0.2, -0.15) is 0 Å². The lowest BCUT2D eigenvalue weighted by atomic mass is 9.92. The lowest BCUT2D eigenvalue weighted by molar-refractivity contribution is -0.129. The molecule has 1 atom stereocenters. The molecule has 0 aromatic heterocycles. The molecule has 0 bridgehead atoms. The maximum Gasteiger partial charge on any atom is 0.407 e. The number of ether oxygens (including phenoxy) is 1. The third-order valence-electron chi connectivity index (χ3n) is 7.66. The number of hydrogen-bond donors (Lipinski definition) is 1. The topological polar surface area (TPSA) is 72.5 Å². The molecule has 5 heteroatoms. The number of nitrogens with one attached hydrogen (secondary N) is 1. The van der Waals surface area contributed by atoms with E-state index in [0.29, 0.717) is 12.8 Å². The molecule has 0 spiro atoms. The first-order chi connectivity index (χ1) is 19.2. The summed E-state index contributed by atoms with van der Waals surface area (Å²) in [6.07, 6.45) is 26.6. The maximum atomic E-state index is 13.0. The molecular formula is C35H67NO4. The summed E-state index contributed by atoms with van der Waals surface area (Å²) in [4.78, 5) is 37.9. The number of alkyl carbamates (subject to hydrolysis) is 1. The van der Waals surface area contributed by atoms with Crippen LogP contribution in [-0.2, 0) is 14.3 Å². The molecule has 1 amide bonds.